The molecule has 22 heavy (non-hydrogen) atoms. The van der Waals surface area contributed by atoms with E-state index < -0.39 is 5.97 Å². The van der Waals surface area contributed by atoms with Crippen molar-refractivity contribution in [1.29, 1.82) is 0 Å². The largest absolute Gasteiger partial charge is 0.496 e. The first-order valence-electron chi connectivity index (χ1n) is 6.85. The lowest BCUT2D eigenvalue weighted by Crippen LogP contribution is -2.02. The first-order valence-corrected chi connectivity index (χ1v) is 6.85. The van der Waals surface area contributed by atoms with Gasteiger partial charge in [0.1, 0.15) is 5.75 Å². The van der Waals surface area contributed by atoms with Gasteiger partial charge >= 0.3 is 5.97 Å². The highest BCUT2D eigenvalue weighted by atomic mass is 16.5. The van der Waals surface area contributed by atoms with E-state index in [9.17, 15) is 9.90 Å². The van der Waals surface area contributed by atoms with Gasteiger partial charge in [0.15, 0.2) is 0 Å². The molecule has 3 aromatic carbocycles. The number of rotatable bonds is 4. The standard InChI is InChI=1S/C18H15NO3/c1-22-17-8-4-5-12-9-10-13(11-15(12)17)19-16-7-3-2-6-14(16)18(20)21/h2-11,19H,1H3,(H,20,21). The van der Waals surface area contributed by atoms with E-state index >= 15 is 0 Å². The van der Waals surface area contributed by atoms with Crippen LogP contribution in [0.15, 0.2) is 60.7 Å². The van der Waals surface area contributed by atoms with Crippen molar-refractivity contribution in [3.8, 4) is 5.75 Å². The molecule has 0 saturated carbocycles. The SMILES string of the molecule is COc1cccc2ccc(Nc3ccccc3C(=O)O)cc12. The number of ether oxygens (including phenoxy) is 1. The van der Waals surface area contributed by atoms with Crippen molar-refractivity contribution >= 4 is 28.1 Å². The van der Waals surface area contributed by atoms with Crippen LogP contribution in [-0.2, 0) is 0 Å². The number of anilines is 2. The predicted molar refractivity (Wildman–Crippen MR) is 87.2 cm³/mol. The van der Waals surface area contributed by atoms with Gasteiger partial charge in [-0.15, -0.1) is 0 Å². The summed E-state index contributed by atoms with van der Waals surface area (Å²) in [6.07, 6.45) is 0. The Labute approximate surface area is 128 Å². The number of para-hydroxylation sites is 1. The van der Waals surface area contributed by atoms with E-state index in [1.54, 1.807) is 31.4 Å². The molecule has 4 nitrogen and oxygen atoms in total. The van der Waals surface area contributed by atoms with E-state index in [2.05, 4.69) is 5.32 Å². The van der Waals surface area contributed by atoms with Crippen LogP contribution in [0.5, 0.6) is 5.75 Å². The third-order valence-electron chi connectivity index (χ3n) is 3.50. The van der Waals surface area contributed by atoms with E-state index in [1.807, 2.05) is 36.4 Å². The highest BCUT2D eigenvalue weighted by molar-refractivity contribution is 5.96. The number of carbonyl (C=O) groups is 1. The van der Waals surface area contributed by atoms with Gasteiger partial charge in [-0.05, 0) is 35.7 Å². The Morgan fingerprint density at radius 2 is 1.86 bits per heavy atom. The average Bonchev–Trinajstić information content (AvgIpc) is 2.54. The Balaban J connectivity index is 2.03. The summed E-state index contributed by atoms with van der Waals surface area (Å²) in [5.74, 6) is -0.172. The quantitative estimate of drug-likeness (QED) is 0.753. The molecule has 0 aliphatic heterocycles. The number of benzene rings is 3. The maximum Gasteiger partial charge on any atom is 0.337 e. The number of nitrogens with one attached hydrogen (secondary N) is 1. The molecule has 0 saturated heterocycles. The summed E-state index contributed by atoms with van der Waals surface area (Å²) >= 11 is 0. The van der Waals surface area contributed by atoms with Crippen molar-refractivity contribution < 1.29 is 14.6 Å². The predicted octanol–water partition coefficient (Wildman–Crippen LogP) is 4.29. The van der Waals surface area contributed by atoms with E-state index in [-0.39, 0.29) is 5.56 Å². The first-order chi connectivity index (χ1) is 10.7. The van der Waals surface area contributed by atoms with Gasteiger partial charge in [0.05, 0.1) is 18.4 Å². The summed E-state index contributed by atoms with van der Waals surface area (Å²) in [4.78, 5) is 11.3. The molecule has 2 N–H and O–H groups in total. The summed E-state index contributed by atoms with van der Waals surface area (Å²) in [6, 6.07) is 18.5. The third-order valence-corrected chi connectivity index (χ3v) is 3.50. The molecular formula is C18H15NO3. The minimum Gasteiger partial charge on any atom is -0.496 e. The summed E-state index contributed by atoms with van der Waals surface area (Å²) in [5.41, 5.74) is 1.61. The van der Waals surface area contributed by atoms with Crippen LogP contribution in [0.2, 0.25) is 0 Å². The number of aromatic carboxylic acids is 1. The van der Waals surface area contributed by atoms with Crippen LogP contribution < -0.4 is 10.1 Å². The Morgan fingerprint density at radius 3 is 2.64 bits per heavy atom. The summed E-state index contributed by atoms with van der Waals surface area (Å²) in [7, 11) is 1.63. The summed E-state index contributed by atoms with van der Waals surface area (Å²) in [6.45, 7) is 0. The molecule has 0 amide bonds. The van der Waals surface area contributed by atoms with Gasteiger partial charge in [0.25, 0.3) is 0 Å². The number of hydrogen-bond acceptors (Lipinski definition) is 3. The normalized spacial score (nSPS) is 10.4. The Morgan fingerprint density at radius 1 is 1.05 bits per heavy atom. The van der Waals surface area contributed by atoms with Crippen LogP contribution in [0.4, 0.5) is 11.4 Å². The van der Waals surface area contributed by atoms with Gasteiger partial charge < -0.3 is 15.2 Å². The van der Waals surface area contributed by atoms with Gasteiger partial charge in [0, 0.05) is 11.1 Å². The average molecular weight is 293 g/mol. The van der Waals surface area contributed by atoms with Crippen molar-refractivity contribution in [2.24, 2.45) is 0 Å². The van der Waals surface area contributed by atoms with Crippen LogP contribution >= 0.6 is 0 Å². The van der Waals surface area contributed by atoms with Gasteiger partial charge in [-0.2, -0.15) is 0 Å². The molecule has 0 atom stereocenters. The fourth-order valence-corrected chi connectivity index (χ4v) is 2.43. The van der Waals surface area contributed by atoms with Gasteiger partial charge in [-0.25, -0.2) is 4.79 Å². The molecule has 0 fully saturated rings. The topological polar surface area (TPSA) is 58.6 Å². The number of methoxy groups -OCH3 is 1. The Bertz CT molecular complexity index is 843. The maximum atomic E-state index is 11.3. The molecule has 0 bridgehead atoms. The third kappa shape index (κ3) is 2.59. The zero-order valence-corrected chi connectivity index (χ0v) is 12.0. The minimum atomic E-state index is -0.957. The Hall–Kier alpha value is -3.01. The van der Waals surface area contributed by atoms with Crippen molar-refractivity contribution in [2.45, 2.75) is 0 Å². The van der Waals surface area contributed by atoms with Crippen molar-refractivity contribution in [3.05, 3.63) is 66.2 Å². The molecule has 0 aliphatic carbocycles. The minimum absolute atomic E-state index is 0.239. The lowest BCUT2D eigenvalue weighted by Gasteiger charge is -2.11. The molecule has 0 heterocycles. The zero-order chi connectivity index (χ0) is 15.5. The van der Waals surface area contributed by atoms with E-state index in [1.165, 1.54) is 0 Å². The fraction of sp³-hybridized carbons (Fsp3) is 0.0556. The van der Waals surface area contributed by atoms with Gasteiger partial charge in [0.2, 0.25) is 0 Å². The van der Waals surface area contributed by atoms with Crippen LogP contribution in [0.25, 0.3) is 10.8 Å². The van der Waals surface area contributed by atoms with Gasteiger partial charge in [-0.1, -0.05) is 30.3 Å². The lowest BCUT2D eigenvalue weighted by atomic mass is 10.1. The number of fused-ring (bicyclic) bond motifs is 1. The second-order valence-corrected chi connectivity index (χ2v) is 4.87. The monoisotopic (exact) mass is 293 g/mol. The molecule has 4 heteroatoms. The van der Waals surface area contributed by atoms with E-state index in [4.69, 9.17) is 4.74 Å². The van der Waals surface area contributed by atoms with Crippen molar-refractivity contribution in [3.63, 3.8) is 0 Å². The highest BCUT2D eigenvalue weighted by Crippen LogP contribution is 2.30. The molecule has 0 aromatic heterocycles. The molecule has 0 aliphatic rings. The van der Waals surface area contributed by atoms with E-state index in [0.717, 1.165) is 22.2 Å². The van der Waals surface area contributed by atoms with E-state index in [0.29, 0.717) is 5.69 Å². The first kappa shape index (κ1) is 13.9. The van der Waals surface area contributed by atoms with Crippen LogP contribution in [0.1, 0.15) is 10.4 Å². The second-order valence-electron chi connectivity index (χ2n) is 4.87. The molecule has 0 radical (unpaired) electrons. The number of carboxylic acids is 1. The number of hydrogen-bond donors (Lipinski definition) is 2. The Kier molecular flexibility index (Phi) is 3.66. The molecular weight excluding hydrogens is 278 g/mol. The van der Waals surface area contributed by atoms with Gasteiger partial charge in [-0.3, -0.25) is 0 Å². The van der Waals surface area contributed by atoms with Crippen LogP contribution in [0, 0.1) is 0 Å². The lowest BCUT2D eigenvalue weighted by molar-refractivity contribution is 0.0698. The molecule has 0 unspecified atom stereocenters. The van der Waals surface area contributed by atoms with Crippen LogP contribution in [-0.4, -0.2) is 18.2 Å². The maximum absolute atomic E-state index is 11.3. The molecule has 3 rings (SSSR count). The zero-order valence-electron chi connectivity index (χ0n) is 12.0. The molecule has 3 aromatic rings. The second kappa shape index (κ2) is 5.77. The molecule has 0 spiro atoms. The molecule has 110 valence electrons. The smallest absolute Gasteiger partial charge is 0.337 e. The summed E-state index contributed by atoms with van der Waals surface area (Å²) < 4.78 is 5.37. The fourth-order valence-electron chi connectivity index (χ4n) is 2.43. The highest BCUT2D eigenvalue weighted by Gasteiger charge is 2.09. The van der Waals surface area contributed by atoms with Crippen molar-refractivity contribution in [1.82, 2.24) is 0 Å². The number of carboxylic acid groups (broad SMARTS) is 1. The van der Waals surface area contributed by atoms with Crippen LogP contribution in [0.3, 0.4) is 0 Å². The van der Waals surface area contributed by atoms with Crippen molar-refractivity contribution in [2.75, 3.05) is 12.4 Å². The summed E-state index contributed by atoms with van der Waals surface area (Å²) in [5, 5.41) is 14.4.